The molecule has 5 heteroatoms. The molecular formula is C18H26N4O. The van der Waals surface area contributed by atoms with Crippen molar-refractivity contribution < 1.29 is 4.74 Å². The van der Waals surface area contributed by atoms with Gasteiger partial charge in [-0.25, -0.2) is 9.97 Å². The van der Waals surface area contributed by atoms with Crippen LogP contribution in [0.3, 0.4) is 0 Å². The van der Waals surface area contributed by atoms with Crippen LogP contribution in [0.5, 0.6) is 0 Å². The molecule has 0 bridgehead atoms. The Labute approximate surface area is 138 Å². The van der Waals surface area contributed by atoms with E-state index in [0.29, 0.717) is 19.1 Å². The van der Waals surface area contributed by atoms with Crippen molar-refractivity contribution >= 4 is 11.6 Å². The first kappa shape index (κ1) is 17.2. The monoisotopic (exact) mass is 314 g/mol. The van der Waals surface area contributed by atoms with Gasteiger partial charge in [0.25, 0.3) is 0 Å². The van der Waals surface area contributed by atoms with Gasteiger partial charge < -0.3 is 15.4 Å². The Balaban J connectivity index is 2.17. The van der Waals surface area contributed by atoms with E-state index < -0.39 is 0 Å². The van der Waals surface area contributed by atoms with E-state index in [1.54, 1.807) is 7.11 Å². The number of hydrogen-bond acceptors (Lipinski definition) is 5. The largest absolute Gasteiger partial charge is 0.383 e. The van der Waals surface area contributed by atoms with Crippen LogP contribution in [0.15, 0.2) is 36.4 Å². The molecule has 1 aromatic heterocycles. The number of aromatic nitrogens is 2. The molecule has 0 radical (unpaired) electrons. The molecular weight excluding hydrogens is 288 g/mol. The van der Waals surface area contributed by atoms with Crippen LogP contribution in [0, 0.1) is 5.92 Å². The summed E-state index contributed by atoms with van der Waals surface area (Å²) in [5.41, 5.74) is 1.01. The van der Waals surface area contributed by atoms with Gasteiger partial charge in [0, 0.05) is 31.8 Å². The number of nitrogens with one attached hydrogen (secondary N) is 2. The highest BCUT2D eigenvalue weighted by molar-refractivity contribution is 5.61. The molecule has 5 nitrogen and oxygen atoms in total. The van der Waals surface area contributed by atoms with Crippen molar-refractivity contribution in [2.45, 2.75) is 20.3 Å². The van der Waals surface area contributed by atoms with E-state index in [0.717, 1.165) is 36.0 Å². The van der Waals surface area contributed by atoms with Crippen molar-refractivity contribution in [3.8, 4) is 11.4 Å². The first-order valence-corrected chi connectivity index (χ1v) is 8.10. The zero-order valence-corrected chi connectivity index (χ0v) is 14.2. The third kappa shape index (κ3) is 5.87. The number of hydrogen-bond donors (Lipinski definition) is 2. The summed E-state index contributed by atoms with van der Waals surface area (Å²) in [6.07, 6.45) is 1.11. The molecule has 23 heavy (non-hydrogen) atoms. The molecule has 0 fully saturated rings. The Morgan fingerprint density at radius 3 is 2.26 bits per heavy atom. The van der Waals surface area contributed by atoms with Crippen LogP contribution >= 0.6 is 0 Å². The van der Waals surface area contributed by atoms with E-state index in [4.69, 9.17) is 4.74 Å². The molecule has 0 saturated carbocycles. The van der Waals surface area contributed by atoms with Crippen LogP contribution < -0.4 is 10.6 Å². The van der Waals surface area contributed by atoms with E-state index in [9.17, 15) is 0 Å². The molecule has 0 spiro atoms. The van der Waals surface area contributed by atoms with E-state index >= 15 is 0 Å². The summed E-state index contributed by atoms with van der Waals surface area (Å²) in [5, 5.41) is 6.67. The molecule has 0 amide bonds. The zero-order chi connectivity index (χ0) is 16.5. The van der Waals surface area contributed by atoms with Crippen molar-refractivity contribution in [2.75, 3.05) is 37.4 Å². The van der Waals surface area contributed by atoms with Crippen LogP contribution in [0.25, 0.3) is 11.4 Å². The zero-order valence-electron chi connectivity index (χ0n) is 14.2. The Morgan fingerprint density at radius 2 is 1.65 bits per heavy atom. The van der Waals surface area contributed by atoms with Crippen LogP contribution in [0.2, 0.25) is 0 Å². The molecule has 1 aromatic carbocycles. The van der Waals surface area contributed by atoms with Gasteiger partial charge in [0.05, 0.1) is 6.61 Å². The van der Waals surface area contributed by atoms with Gasteiger partial charge in [0.2, 0.25) is 0 Å². The Kier molecular flexibility index (Phi) is 6.81. The van der Waals surface area contributed by atoms with Crippen LogP contribution in [-0.2, 0) is 4.74 Å². The van der Waals surface area contributed by atoms with E-state index in [-0.39, 0.29) is 0 Å². The lowest BCUT2D eigenvalue weighted by Crippen LogP contribution is -2.12. The van der Waals surface area contributed by atoms with Gasteiger partial charge in [-0.15, -0.1) is 0 Å². The minimum absolute atomic E-state index is 0.640. The molecule has 2 aromatic rings. The van der Waals surface area contributed by atoms with Gasteiger partial charge in [0.1, 0.15) is 11.6 Å². The molecule has 0 aliphatic carbocycles. The third-order valence-electron chi connectivity index (χ3n) is 3.40. The van der Waals surface area contributed by atoms with E-state index in [1.807, 2.05) is 36.4 Å². The van der Waals surface area contributed by atoms with Gasteiger partial charge in [-0.2, -0.15) is 0 Å². The number of ether oxygens (including phenoxy) is 1. The summed E-state index contributed by atoms with van der Waals surface area (Å²) >= 11 is 0. The van der Waals surface area contributed by atoms with E-state index in [2.05, 4.69) is 34.4 Å². The fourth-order valence-electron chi connectivity index (χ4n) is 2.11. The van der Waals surface area contributed by atoms with Crippen LogP contribution in [-0.4, -0.2) is 36.8 Å². The maximum Gasteiger partial charge on any atom is 0.163 e. The molecule has 0 atom stereocenters. The highest BCUT2D eigenvalue weighted by Crippen LogP contribution is 2.20. The first-order valence-electron chi connectivity index (χ1n) is 8.10. The quantitative estimate of drug-likeness (QED) is 0.692. The average Bonchev–Trinajstić information content (AvgIpc) is 2.55. The van der Waals surface area contributed by atoms with Crippen LogP contribution in [0.1, 0.15) is 20.3 Å². The minimum Gasteiger partial charge on any atom is -0.383 e. The Bertz CT molecular complexity index is 587. The number of anilines is 2. The molecule has 2 rings (SSSR count). The number of benzene rings is 1. The lowest BCUT2D eigenvalue weighted by atomic mass is 10.1. The average molecular weight is 314 g/mol. The van der Waals surface area contributed by atoms with E-state index in [1.165, 1.54) is 0 Å². The normalized spacial score (nSPS) is 10.8. The maximum atomic E-state index is 5.08. The molecule has 0 aliphatic rings. The second-order valence-electron chi connectivity index (χ2n) is 5.86. The Hall–Kier alpha value is -2.14. The summed E-state index contributed by atoms with van der Waals surface area (Å²) in [6.45, 7) is 6.69. The third-order valence-corrected chi connectivity index (χ3v) is 3.40. The molecule has 1 heterocycles. The summed E-state index contributed by atoms with van der Waals surface area (Å²) < 4.78 is 5.08. The first-order chi connectivity index (χ1) is 11.2. The van der Waals surface area contributed by atoms with Gasteiger partial charge >= 0.3 is 0 Å². The van der Waals surface area contributed by atoms with Gasteiger partial charge in [-0.3, -0.25) is 0 Å². The highest BCUT2D eigenvalue weighted by atomic mass is 16.5. The van der Waals surface area contributed by atoms with Gasteiger partial charge in [0.15, 0.2) is 5.82 Å². The van der Waals surface area contributed by atoms with Gasteiger partial charge in [-0.1, -0.05) is 44.2 Å². The second kappa shape index (κ2) is 9.10. The fraction of sp³-hybridized carbons (Fsp3) is 0.444. The molecule has 0 aliphatic heterocycles. The topological polar surface area (TPSA) is 59.1 Å². The van der Waals surface area contributed by atoms with Gasteiger partial charge in [-0.05, 0) is 12.3 Å². The minimum atomic E-state index is 0.640. The SMILES string of the molecule is COCCNc1cc(NCCC(C)C)nc(-c2ccccc2)n1. The lowest BCUT2D eigenvalue weighted by molar-refractivity contribution is 0.210. The standard InChI is InChI=1S/C18H26N4O/c1-14(2)9-10-19-16-13-17(20-11-12-23-3)22-18(21-16)15-7-5-4-6-8-15/h4-8,13-14H,9-12H2,1-3H3,(H2,19,20,21,22). The maximum absolute atomic E-state index is 5.08. The number of nitrogens with zero attached hydrogens (tertiary/aromatic N) is 2. The van der Waals surface area contributed by atoms with Crippen LogP contribution in [0.4, 0.5) is 11.6 Å². The molecule has 2 N–H and O–H groups in total. The molecule has 0 saturated heterocycles. The Morgan fingerprint density at radius 1 is 1.00 bits per heavy atom. The summed E-state index contributed by atoms with van der Waals surface area (Å²) in [7, 11) is 1.69. The predicted molar refractivity (Wildman–Crippen MR) is 95.8 cm³/mol. The fourth-order valence-corrected chi connectivity index (χ4v) is 2.11. The smallest absolute Gasteiger partial charge is 0.163 e. The predicted octanol–water partition coefficient (Wildman–Crippen LogP) is 3.66. The number of rotatable bonds is 9. The van der Waals surface area contributed by atoms with Crippen molar-refractivity contribution in [1.29, 1.82) is 0 Å². The molecule has 0 unspecified atom stereocenters. The summed E-state index contributed by atoms with van der Waals surface area (Å²) in [6, 6.07) is 12.0. The highest BCUT2D eigenvalue weighted by Gasteiger charge is 2.07. The molecule has 124 valence electrons. The number of methoxy groups -OCH3 is 1. The van der Waals surface area contributed by atoms with Crippen molar-refractivity contribution in [1.82, 2.24) is 9.97 Å². The van der Waals surface area contributed by atoms with Crippen molar-refractivity contribution in [3.63, 3.8) is 0 Å². The lowest BCUT2D eigenvalue weighted by Gasteiger charge is -2.12. The second-order valence-corrected chi connectivity index (χ2v) is 5.86. The van der Waals surface area contributed by atoms with Crippen molar-refractivity contribution in [3.05, 3.63) is 36.4 Å². The summed E-state index contributed by atoms with van der Waals surface area (Å²) in [5.74, 6) is 3.04. The summed E-state index contributed by atoms with van der Waals surface area (Å²) in [4.78, 5) is 9.24. The van der Waals surface area contributed by atoms with Crippen molar-refractivity contribution in [2.24, 2.45) is 5.92 Å².